The molecule has 1 fully saturated rings. The molecule has 3 nitrogen and oxygen atoms in total. The fourth-order valence-corrected chi connectivity index (χ4v) is 2.32. The van der Waals surface area contributed by atoms with Crippen molar-refractivity contribution < 1.29 is 14.6 Å². The lowest BCUT2D eigenvalue weighted by Gasteiger charge is -2.08. The van der Waals surface area contributed by atoms with Crippen LogP contribution in [0.5, 0.6) is 0 Å². The molecule has 4 atom stereocenters. The molecule has 1 heterocycles. The molecule has 0 radical (unpaired) electrons. The summed E-state index contributed by atoms with van der Waals surface area (Å²) in [4.78, 5) is 10.5. The molecule has 1 aliphatic heterocycles. The monoisotopic (exact) mass is 228 g/mol. The molecule has 94 valence electrons. The Bertz CT molecular complexity index is 227. The van der Waals surface area contributed by atoms with Gasteiger partial charge in [-0.25, -0.2) is 0 Å². The summed E-state index contributed by atoms with van der Waals surface area (Å²) in [5.74, 6) is 0.150. The lowest BCUT2D eigenvalue weighted by Crippen LogP contribution is -2.11. The van der Waals surface area contributed by atoms with E-state index in [0.29, 0.717) is 18.1 Å². The molecule has 0 aromatic heterocycles. The molecule has 0 bridgehead atoms. The van der Waals surface area contributed by atoms with Crippen LogP contribution < -0.4 is 0 Å². The summed E-state index contributed by atoms with van der Waals surface area (Å²) in [6, 6.07) is 0. The molecule has 0 aromatic rings. The third-order valence-electron chi connectivity index (χ3n) is 3.35. The van der Waals surface area contributed by atoms with Crippen molar-refractivity contribution in [2.24, 2.45) is 11.8 Å². The summed E-state index contributed by atoms with van der Waals surface area (Å²) in [5.41, 5.74) is 0. The van der Waals surface area contributed by atoms with Gasteiger partial charge in [0.1, 0.15) is 0 Å². The van der Waals surface area contributed by atoms with E-state index < -0.39 is 5.97 Å². The number of carboxylic acid groups (broad SMARTS) is 1. The summed E-state index contributed by atoms with van der Waals surface area (Å²) < 4.78 is 5.64. The molecule has 0 amide bonds. The minimum Gasteiger partial charge on any atom is -0.481 e. The fraction of sp³-hybridized carbons (Fsp3) is 0.923. The third kappa shape index (κ3) is 4.52. The van der Waals surface area contributed by atoms with Gasteiger partial charge >= 0.3 is 5.97 Å². The number of carboxylic acids is 1. The van der Waals surface area contributed by atoms with Gasteiger partial charge in [0.2, 0.25) is 0 Å². The van der Waals surface area contributed by atoms with Gasteiger partial charge in [0.05, 0.1) is 12.2 Å². The molecule has 1 rings (SSSR count). The Kier molecular flexibility index (Phi) is 5.26. The third-order valence-corrected chi connectivity index (χ3v) is 3.35. The number of epoxide rings is 1. The molecule has 1 aliphatic rings. The van der Waals surface area contributed by atoms with E-state index in [1.165, 1.54) is 19.3 Å². The first kappa shape index (κ1) is 13.5. The van der Waals surface area contributed by atoms with Crippen molar-refractivity contribution in [3.63, 3.8) is 0 Å². The molecular weight excluding hydrogens is 204 g/mol. The van der Waals surface area contributed by atoms with E-state index in [9.17, 15) is 4.79 Å². The van der Waals surface area contributed by atoms with Crippen molar-refractivity contribution in [1.82, 2.24) is 0 Å². The van der Waals surface area contributed by atoms with Gasteiger partial charge in [-0.3, -0.25) is 4.79 Å². The number of aliphatic carboxylic acids is 1. The Morgan fingerprint density at radius 3 is 2.69 bits per heavy atom. The number of unbranched alkanes of at least 4 members (excludes halogenated alkanes) is 1. The van der Waals surface area contributed by atoms with Crippen LogP contribution in [0.2, 0.25) is 0 Å². The highest BCUT2D eigenvalue weighted by Gasteiger charge is 2.42. The zero-order valence-electron chi connectivity index (χ0n) is 10.6. The van der Waals surface area contributed by atoms with Crippen molar-refractivity contribution in [3.8, 4) is 0 Å². The van der Waals surface area contributed by atoms with Gasteiger partial charge in [-0.05, 0) is 24.7 Å². The Morgan fingerprint density at radius 1 is 1.44 bits per heavy atom. The zero-order valence-corrected chi connectivity index (χ0v) is 10.6. The summed E-state index contributed by atoms with van der Waals surface area (Å²) in [5, 5.41) is 8.67. The molecule has 1 saturated heterocycles. The van der Waals surface area contributed by atoms with Crippen LogP contribution in [-0.4, -0.2) is 23.3 Å². The maximum Gasteiger partial charge on any atom is 0.303 e. The number of hydrogen-bond acceptors (Lipinski definition) is 2. The van der Waals surface area contributed by atoms with Gasteiger partial charge < -0.3 is 9.84 Å². The SMILES string of the molecule is CCCC[C@@H](C)[C@H]1O[C@@H]1C[C@@H](C)CC(=O)O. The van der Waals surface area contributed by atoms with Crippen molar-refractivity contribution in [1.29, 1.82) is 0 Å². The first-order valence-corrected chi connectivity index (χ1v) is 6.41. The number of rotatable bonds is 8. The molecule has 1 N–H and O–H groups in total. The quantitative estimate of drug-likeness (QED) is 0.649. The molecule has 16 heavy (non-hydrogen) atoms. The van der Waals surface area contributed by atoms with Gasteiger partial charge in [-0.2, -0.15) is 0 Å². The second-order valence-electron chi connectivity index (χ2n) is 5.20. The van der Waals surface area contributed by atoms with Crippen LogP contribution in [-0.2, 0) is 9.53 Å². The summed E-state index contributed by atoms with van der Waals surface area (Å²) in [6.07, 6.45) is 5.59. The second kappa shape index (κ2) is 6.24. The Labute approximate surface area is 98.2 Å². The highest BCUT2D eigenvalue weighted by Crippen LogP contribution is 2.36. The molecule has 0 unspecified atom stereocenters. The van der Waals surface area contributed by atoms with Crippen LogP contribution in [0.25, 0.3) is 0 Å². The van der Waals surface area contributed by atoms with Crippen LogP contribution >= 0.6 is 0 Å². The lowest BCUT2D eigenvalue weighted by atomic mass is 9.94. The van der Waals surface area contributed by atoms with E-state index in [4.69, 9.17) is 9.84 Å². The molecule has 0 aliphatic carbocycles. The van der Waals surface area contributed by atoms with E-state index in [0.717, 1.165) is 6.42 Å². The van der Waals surface area contributed by atoms with Gasteiger partial charge in [-0.1, -0.05) is 33.6 Å². The Hall–Kier alpha value is -0.570. The number of ether oxygens (including phenoxy) is 1. The molecular formula is C13H24O3. The summed E-state index contributed by atoms with van der Waals surface area (Å²) in [7, 11) is 0. The van der Waals surface area contributed by atoms with Crippen LogP contribution in [0.3, 0.4) is 0 Å². The standard InChI is InChI=1S/C13H24O3/c1-4-5-6-10(3)13-11(16-13)7-9(2)8-12(14)15/h9-11,13H,4-8H2,1-3H3,(H,14,15)/t9-,10-,11-,13-/m1/s1. The van der Waals surface area contributed by atoms with Crippen molar-refractivity contribution in [2.75, 3.05) is 0 Å². The lowest BCUT2D eigenvalue weighted by molar-refractivity contribution is -0.138. The predicted molar refractivity (Wildman–Crippen MR) is 63.4 cm³/mol. The Morgan fingerprint density at radius 2 is 2.12 bits per heavy atom. The van der Waals surface area contributed by atoms with E-state index in [1.807, 2.05) is 6.92 Å². The highest BCUT2D eigenvalue weighted by atomic mass is 16.6. The normalized spacial score (nSPS) is 27.4. The number of carbonyl (C=O) groups is 1. The first-order valence-electron chi connectivity index (χ1n) is 6.41. The topological polar surface area (TPSA) is 49.8 Å². The molecule has 0 saturated carbocycles. The van der Waals surface area contributed by atoms with Crippen molar-refractivity contribution in [2.45, 2.75) is 65.1 Å². The average molecular weight is 228 g/mol. The van der Waals surface area contributed by atoms with E-state index in [-0.39, 0.29) is 12.3 Å². The van der Waals surface area contributed by atoms with E-state index in [1.54, 1.807) is 0 Å². The van der Waals surface area contributed by atoms with Crippen LogP contribution in [0.4, 0.5) is 0 Å². The minimum atomic E-state index is -0.705. The second-order valence-corrected chi connectivity index (χ2v) is 5.20. The zero-order chi connectivity index (χ0) is 12.1. The van der Waals surface area contributed by atoms with Gasteiger partial charge in [-0.15, -0.1) is 0 Å². The molecule has 0 aromatic carbocycles. The fourth-order valence-electron chi connectivity index (χ4n) is 2.32. The predicted octanol–water partition coefficient (Wildman–Crippen LogP) is 3.08. The maximum atomic E-state index is 10.5. The first-order chi connectivity index (χ1) is 7.54. The molecule has 3 heteroatoms. The van der Waals surface area contributed by atoms with Crippen LogP contribution in [0.1, 0.15) is 52.9 Å². The van der Waals surface area contributed by atoms with Gasteiger partial charge in [0, 0.05) is 6.42 Å². The van der Waals surface area contributed by atoms with Gasteiger partial charge in [0.25, 0.3) is 0 Å². The minimum absolute atomic E-state index is 0.228. The summed E-state index contributed by atoms with van der Waals surface area (Å²) in [6.45, 7) is 6.43. The van der Waals surface area contributed by atoms with Crippen LogP contribution in [0, 0.1) is 11.8 Å². The van der Waals surface area contributed by atoms with Gasteiger partial charge in [0.15, 0.2) is 0 Å². The molecule has 0 spiro atoms. The number of hydrogen-bond donors (Lipinski definition) is 1. The van der Waals surface area contributed by atoms with Crippen molar-refractivity contribution in [3.05, 3.63) is 0 Å². The maximum absolute atomic E-state index is 10.5. The van der Waals surface area contributed by atoms with Crippen LogP contribution in [0.15, 0.2) is 0 Å². The van der Waals surface area contributed by atoms with E-state index in [2.05, 4.69) is 13.8 Å². The Balaban J connectivity index is 2.16. The average Bonchev–Trinajstić information content (AvgIpc) is 2.92. The largest absolute Gasteiger partial charge is 0.481 e. The summed E-state index contributed by atoms with van der Waals surface area (Å²) >= 11 is 0. The smallest absolute Gasteiger partial charge is 0.303 e. The van der Waals surface area contributed by atoms with Crippen molar-refractivity contribution >= 4 is 5.97 Å². The van der Waals surface area contributed by atoms with E-state index >= 15 is 0 Å². The highest BCUT2D eigenvalue weighted by molar-refractivity contribution is 5.66.